The lowest BCUT2D eigenvalue weighted by atomic mass is 9.95. The number of aryl methyl sites for hydroxylation is 1. The molecule has 1 aliphatic rings. The highest BCUT2D eigenvalue weighted by molar-refractivity contribution is 7.99. The van der Waals surface area contributed by atoms with Crippen LogP contribution >= 0.6 is 11.8 Å². The number of carbonyl (C=O) groups excluding carboxylic acids is 1. The minimum atomic E-state index is -0.164. The zero-order valence-electron chi connectivity index (χ0n) is 14.2. The molecule has 3 rings (SSSR count). The van der Waals surface area contributed by atoms with E-state index in [1.165, 1.54) is 6.07 Å². The van der Waals surface area contributed by atoms with E-state index in [1.54, 1.807) is 41.0 Å². The number of rotatable bonds is 5. The first-order valence-corrected chi connectivity index (χ1v) is 9.48. The molecule has 0 radical (unpaired) electrons. The van der Waals surface area contributed by atoms with Crippen LogP contribution in [0.4, 0.5) is 0 Å². The van der Waals surface area contributed by atoms with Crippen molar-refractivity contribution in [3.05, 3.63) is 52.7 Å². The molecular formula is C18H22N4O2S. The molecule has 0 aliphatic heterocycles. The molecule has 0 saturated heterocycles. The van der Waals surface area contributed by atoms with Gasteiger partial charge in [-0.2, -0.15) is 0 Å². The molecule has 25 heavy (non-hydrogen) atoms. The van der Waals surface area contributed by atoms with Gasteiger partial charge in [0.2, 0.25) is 0 Å². The summed E-state index contributed by atoms with van der Waals surface area (Å²) in [5.74, 6) is -0.164. The number of carbonyl (C=O) groups is 1. The Morgan fingerprint density at radius 1 is 1.28 bits per heavy atom. The lowest BCUT2D eigenvalue weighted by Crippen LogP contribution is -2.38. The largest absolute Gasteiger partial charge is 0.349 e. The normalized spacial score (nSPS) is 20.2. The van der Waals surface area contributed by atoms with Crippen molar-refractivity contribution in [3.8, 4) is 0 Å². The van der Waals surface area contributed by atoms with Crippen molar-refractivity contribution >= 4 is 17.7 Å². The molecule has 2 aromatic rings. The van der Waals surface area contributed by atoms with Crippen LogP contribution in [0.3, 0.4) is 0 Å². The van der Waals surface area contributed by atoms with Crippen LogP contribution in [0, 0.1) is 0 Å². The molecule has 132 valence electrons. The molecule has 2 heterocycles. The monoisotopic (exact) mass is 358 g/mol. The topological polar surface area (TPSA) is 76.9 Å². The summed E-state index contributed by atoms with van der Waals surface area (Å²) in [7, 11) is 0. The zero-order chi connectivity index (χ0) is 17.6. The van der Waals surface area contributed by atoms with Crippen LogP contribution < -0.4 is 10.9 Å². The van der Waals surface area contributed by atoms with Crippen LogP contribution in [-0.2, 0) is 6.54 Å². The number of nitrogens with one attached hydrogen (secondary N) is 1. The highest BCUT2D eigenvalue weighted by atomic mass is 32.2. The average molecular weight is 358 g/mol. The summed E-state index contributed by atoms with van der Waals surface area (Å²) in [5, 5.41) is 4.36. The number of pyridine rings is 1. The molecule has 0 spiro atoms. The van der Waals surface area contributed by atoms with Crippen LogP contribution in [0.1, 0.15) is 43.0 Å². The number of amides is 1. The lowest BCUT2D eigenvalue weighted by molar-refractivity contribution is 0.0928. The van der Waals surface area contributed by atoms with Gasteiger partial charge in [0.1, 0.15) is 0 Å². The maximum atomic E-state index is 12.4. The molecule has 0 atom stereocenters. The number of nitrogens with zero attached hydrogens (tertiary/aromatic N) is 3. The Morgan fingerprint density at radius 3 is 2.64 bits per heavy atom. The number of hydrogen-bond donors (Lipinski definition) is 1. The number of thioether (sulfide) groups is 1. The Balaban J connectivity index is 1.51. The summed E-state index contributed by atoms with van der Waals surface area (Å²) in [6, 6.07) is 5.09. The molecule has 0 bridgehead atoms. The van der Waals surface area contributed by atoms with Crippen molar-refractivity contribution in [1.82, 2.24) is 19.9 Å². The molecular weight excluding hydrogens is 336 g/mol. The van der Waals surface area contributed by atoms with Crippen molar-refractivity contribution in [3.63, 3.8) is 0 Å². The van der Waals surface area contributed by atoms with Gasteiger partial charge in [0.05, 0.1) is 0 Å². The van der Waals surface area contributed by atoms with Gasteiger partial charge in [-0.05, 0) is 44.7 Å². The second-order valence-corrected chi connectivity index (χ2v) is 7.40. The highest BCUT2D eigenvalue weighted by Crippen LogP contribution is 2.31. The fourth-order valence-electron chi connectivity index (χ4n) is 3.00. The summed E-state index contributed by atoms with van der Waals surface area (Å²) >= 11 is 1.71. The number of hydrogen-bond acceptors (Lipinski definition) is 5. The van der Waals surface area contributed by atoms with Gasteiger partial charge in [-0.15, -0.1) is 0 Å². The van der Waals surface area contributed by atoms with Gasteiger partial charge in [-0.1, -0.05) is 11.8 Å². The fourth-order valence-corrected chi connectivity index (χ4v) is 4.05. The van der Waals surface area contributed by atoms with Gasteiger partial charge in [0.15, 0.2) is 5.16 Å². The van der Waals surface area contributed by atoms with Gasteiger partial charge in [-0.3, -0.25) is 9.59 Å². The van der Waals surface area contributed by atoms with Crippen molar-refractivity contribution in [2.45, 2.75) is 55.6 Å². The third-order valence-electron chi connectivity index (χ3n) is 4.42. The Hall–Kier alpha value is -2.15. The van der Waals surface area contributed by atoms with Crippen LogP contribution in [0.25, 0.3) is 0 Å². The maximum Gasteiger partial charge on any atom is 0.251 e. The van der Waals surface area contributed by atoms with Crippen LogP contribution in [0.15, 0.2) is 46.7 Å². The van der Waals surface area contributed by atoms with Gasteiger partial charge in [0.25, 0.3) is 11.5 Å². The molecule has 1 N–H and O–H groups in total. The third kappa shape index (κ3) is 4.69. The van der Waals surface area contributed by atoms with E-state index in [9.17, 15) is 9.59 Å². The lowest BCUT2D eigenvalue weighted by Gasteiger charge is -2.28. The van der Waals surface area contributed by atoms with Crippen LogP contribution in [0.2, 0.25) is 0 Å². The minimum absolute atomic E-state index is 0.141. The van der Waals surface area contributed by atoms with Crippen molar-refractivity contribution in [2.75, 3.05) is 0 Å². The zero-order valence-corrected chi connectivity index (χ0v) is 15.0. The van der Waals surface area contributed by atoms with E-state index in [4.69, 9.17) is 0 Å². The summed E-state index contributed by atoms with van der Waals surface area (Å²) in [4.78, 5) is 32.7. The third-order valence-corrected chi connectivity index (χ3v) is 5.65. The molecule has 0 unspecified atom stereocenters. The first-order valence-electron chi connectivity index (χ1n) is 8.60. The molecule has 7 heteroatoms. The first kappa shape index (κ1) is 17.7. The van der Waals surface area contributed by atoms with E-state index < -0.39 is 0 Å². The van der Waals surface area contributed by atoms with E-state index in [1.807, 2.05) is 13.0 Å². The smallest absolute Gasteiger partial charge is 0.251 e. The number of aromatic nitrogens is 3. The predicted molar refractivity (Wildman–Crippen MR) is 97.8 cm³/mol. The second kappa shape index (κ2) is 8.29. The fraction of sp³-hybridized carbons (Fsp3) is 0.444. The standard InChI is InChI=1S/C18H22N4O2S/c1-2-22-11-8-13(12-16(22)23)17(24)21-14-4-6-15(7-5-14)25-18-19-9-3-10-20-18/h3,8-12,14-15H,2,4-7H2,1H3,(H,21,24). The van der Waals surface area contributed by atoms with Crippen molar-refractivity contribution in [2.24, 2.45) is 0 Å². The van der Waals surface area contributed by atoms with Gasteiger partial charge >= 0.3 is 0 Å². The molecule has 1 saturated carbocycles. The van der Waals surface area contributed by atoms with E-state index in [0.717, 1.165) is 30.8 Å². The summed E-state index contributed by atoms with van der Waals surface area (Å²) in [5.41, 5.74) is 0.294. The Morgan fingerprint density at radius 2 is 2.00 bits per heavy atom. The van der Waals surface area contributed by atoms with E-state index in [0.29, 0.717) is 17.4 Å². The highest BCUT2D eigenvalue weighted by Gasteiger charge is 2.24. The molecule has 2 aromatic heterocycles. The quantitative estimate of drug-likeness (QED) is 0.831. The minimum Gasteiger partial charge on any atom is -0.349 e. The molecule has 1 aliphatic carbocycles. The van der Waals surface area contributed by atoms with E-state index in [-0.39, 0.29) is 17.5 Å². The first-order chi connectivity index (χ1) is 12.2. The van der Waals surface area contributed by atoms with Crippen molar-refractivity contribution in [1.29, 1.82) is 0 Å². The summed E-state index contributed by atoms with van der Waals surface area (Å²) in [6.07, 6.45) is 9.09. The molecule has 1 amide bonds. The van der Waals surface area contributed by atoms with Crippen LogP contribution in [-0.4, -0.2) is 31.7 Å². The SMILES string of the molecule is CCn1ccc(C(=O)NC2CCC(Sc3ncccn3)CC2)cc1=O. The Kier molecular flexibility index (Phi) is 5.86. The molecule has 6 nitrogen and oxygen atoms in total. The van der Waals surface area contributed by atoms with E-state index in [2.05, 4.69) is 15.3 Å². The maximum absolute atomic E-state index is 12.4. The summed E-state index contributed by atoms with van der Waals surface area (Å²) in [6.45, 7) is 2.51. The Bertz CT molecular complexity index is 770. The predicted octanol–water partition coefficient (Wildman–Crippen LogP) is 2.49. The van der Waals surface area contributed by atoms with Crippen LogP contribution in [0.5, 0.6) is 0 Å². The molecule has 1 fully saturated rings. The van der Waals surface area contributed by atoms with Crippen molar-refractivity contribution < 1.29 is 4.79 Å². The van der Waals surface area contributed by atoms with Gasteiger partial charge < -0.3 is 9.88 Å². The average Bonchev–Trinajstić information content (AvgIpc) is 2.64. The van der Waals surface area contributed by atoms with Gasteiger partial charge in [-0.25, -0.2) is 9.97 Å². The second-order valence-electron chi connectivity index (χ2n) is 6.14. The Labute approximate surface area is 151 Å². The molecule has 0 aromatic carbocycles. The summed E-state index contributed by atoms with van der Waals surface area (Å²) < 4.78 is 1.57. The van der Waals surface area contributed by atoms with Gasteiger partial charge in [0, 0.05) is 48.1 Å². The van der Waals surface area contributed by atoms with E-state index >= 15 is 0 Å².